The summed E-state index contributed by atoms with van der Waals surface area (Å²) in [6.07, 6.45) is 0. The fourth-order valence-corrected chi connectivity index (χ4v) is 2.98. The summed E-state index contributed by atoms with van der Waals surface area (Å²) >= 11 is 0. The molecule has 0 amide bonds. The van der Waals surface area contributed by atoms with Crippen LogP contribution in [0.3, 0.4) is 0 Å². The van der Waals surface area contributed by atoms with E-state index in [1.54, 1.807) is 26.0 Å². The van der Waals surface area contributed by atoms with E-state index in [4.69, 9.17) is 8.83 Å². The van der Waals surface area contributed by atoms with Crippen LogP contribution in [0.15, 0.2) is 45.2 Å². The lowest BCUT2D eigenvalue weighted by Gasteiger charge is -1.97. The van der Waals surface area contributed by atoms with Crippen molar-refractivity contribution >= 4 is 33.5 Å². The number of fused-ring (bicyclic) bond motifs is 2. The number of aryl methyl sites for hydroxylation is 2. The molecule has 6 heteroatoms. The standard InChI is InChI=1S/2C11H9FO2/c2*1-6-5-9-10(12)4-3-8(7(2)13)11(9)14-6/h2*3-5H,1-2H3. The largest absolute Gasteiger partial charge is 0.460 e. The van der Waals surface area contributed by atoms with Crippen LogP contribution in [0.4, 0.5) is 8.78 Å². The van der Waals surface area contributed by atoms with Crippen molar-refractivity contribution in [1.82, 2.24) is 0 Å². The summed E-state index contributed by atoms with van der Waals surface area (Å²) in [4.78, 5) is 22.4. The minimum absolute atomic E-state index is 0.121. The number of halogens is 2. The lowest BCUT2D eigenvalue weighted by Crippen LogP contribution is -1.92. The zero-order valence-electron chi connectivity index (χ0n) is 15.9. The van der Waals surface area contributed by atoms with E-state index >= 15 is 0 Å². The van der Waals surface area contributed by atoms with E-state index in [2.05, 4.69) is 0 Å². The van der Waals surface area contributed by atoms with Gasteiger partial charge in [-0.15, -0.1) is 0 Å². The highest BCUT2D eigenvalue weighted by atomic mass is 19.1. The third kappa shape index (κ3) is 3.58. The molecule has 4 rings (SSSR count). The number of furan rings is 2. The van der Waals surface area contributed by atoms with Gasteiger partial charge < -0.3 is 8.83 Å². The Morgan fingerprint density at radius 1 is 0.714 bits per heavy atom. The first-order valence-corrected chi connectivity index (χ1v) is 8.58. The van der Waals surface area contributed by atoms with E-state index in [1.807, 2.05) is 0 Å². The molecule has 28 heavy (non-hydrogen) atoms. The maximum atomic E-state index is 13.3. The van der Waals surface area contributed by atoms with Crippen molar-refractivity contribution in [3.8, 4) is 0 Å². The van der Waals surface area contributed by atoms with Crippen LogP contribution in [0, 0.1) is 25.5 Å². The Hall–Kier alpha value is -3.28. The maximum absolute atomic E-state index is 13.3. The van der Waals surface area contributed by atoms with Crippen molar-refractivity contribution in [2.75, 3.05) is 0 Å². The average Bonchev–Trinajstić information content (AvgIpc) is 3.19. The maximum Gasteiger partial charge on any atom is 0.163 e. The van der Waals surface area contributed by atoms with Gasteiger partial charge >= 0.3 is 0 Å². The van der Waals surface area contributed by atoms with Crippen LogP contribution >= 0.6 is 0 Å². The van der Waals surface area contributed by atoms with Crippen LogP contribution in [0.1, 0.15) is 46.1 Å². The highest BCUT2D eigenvalue weighted by Crippen LogP contribution is 2.26. The minimum Gasteiger partial charge on any atom is -0.460 e. The molecule has 0 atom stereocenters. The van der Waals surface area contributed by atoms with E-state index in [1.165, 1.54) is 38.1 Å². The Labute approximate surface area is 159 Å². The molecular formula is C22H18F2O4. The number of benzene rings is 2. The summed E-state index contributed by atoms with van der Waals surface area (Å²) in [6.45, 7) is 6.32. The van der Waals surface area contributed by atoms with E-state index in [9.17, 15) is 18.4 Å². The van der Waals surface area contributed by atoms with Crippen molar-refractivity contribution < 1.29 is 27.2 Å². The first kappa shape index (κ1) is 19.5. The zero-order chi connectivity index (χ0) is 20.6. The predicted molar refractivity (Wildman–Crippen MR) is 102 cm³/mol. The smallest absolute Gasteiger partial charge is 0.163 e. The summed E-state index contributed by atoms with van der Waals surface area (Å²) < 4.78 is 37.1. The van der Waals surface area contributed by atoms with Gasteiger partial charge in [0, 0.05) is 0 Å². The molecule has 0 fully saturated rings. The molecule has 144 valence electrons. The van der Waals surface area contributed by atoms with E-state index < -0.39 is 0 Å². The van der Waals surface area contributed by atoms with Gasteiger partial charge in [0.1, 0.15) is 34.3 Å². The number of hydrogen-bond donors (Lipinski definition) is 0. The SMILES string of the molecule is CC(=O)c1ccc(F)c2cc(C)oc12.CC(=O)c1ccc(F)c2cc(C)oc12. The van der Waals surface area contributed by atoms with Gasteiger partial charge in [-0.1, -0.05) is 0 Å². The summed E-state index contributed by atoms with van der Waals surface area (Å²) in [6, 6.07) is 8.65. The second-order valence-electron chi connectivity index (χ2n) is 6.50. The zero-order valence-corrected chi connectivity index (χ0v) is 15.9. The number of carbonyl (C=O) groups is 2. The van der Waals surface area contributed by atoms with Crippen LogP contribution in [0.5, 0.6) is 0 Å². The lowest BCUT2D eigenvalue weighted by molar-refractivity contribution is 0.100. The van der Waals surface area contributed by atoms with E-state index in [-0.39, 0.29) is 23.2 Å². The first-order valence-electron chi connectivity index (χ1n) is 8.58. The van der Waals surface area contributed by atoms with Crippen molar-refractivity contribution in [2.24, 2.45) is 0 Å². The van der Waals surface area contributed by atoms with Crippen molar-refractivity contribution in [1.29, 1.82) is 0 Å². The van der Waals surface area contributed by atoms with Gasteiger partial charge in [-0.25, -0.2) is 8.78 Å². The molecule has 4 nitrogen and oxygen atoms in total. The number of rotatable bonds is 2. The predicted octanol–water partition coefficient (Wildman–Crippen LogP) is 6.17. The molecule has 0 N–H and O–H groups in total. The van der Waals surface area contributed by atoms with Gasteiger partial charge in [0.15, 0.2) is 11.6 Å². The first-order chi connectivity index (χ1) is 13.2. The molecule has 0 aliphatic carbocycles. The second-order valence-corrected chi connectivity index (χ2v) is 6.50. The van der Waals surface area contributed by atoms with Crippen LogP contribution in [-0.2, 0) is 0 Å². The summed E-state index contributed by atoms with van der Waals surface area (Å²) in [7, 11) is 0. The molecule has 0 saturated carbocycles. The molecule has 2 aromatic heterocycles. The van der Waals surface area contributed by atoms with Crippen molar-refractivity contribution in [3.63, 3.8) is 0 Å². The molecule has 0 spiro atoms. The van der Waals surface area contributed by atoms with Gasteiger partial charge in [0.05, 0.1) is 21.9 Å². The molecule has 4 aromatic rings. The monoisotopic (exact) mass is 384 g/mol. The molecule has 2 aromatic carbocycles. The average molecular weight is 384 g/mol. The van der Waals surface area contributed by atoms with Gasteiger partial charge in [-0.2, -0.15) is 0 Å². The minimum atomic E-state index is -0.359. The third-order valence-electron chi connectivity index (χ3n) is 4.27. The number of carbonyl (C=O) groups excluding carboxylic acids is 2. The van der Waals surface area contributed by atoms with E-state index in [0.29, 0.717) is 44.6 Å². The topological polar surface area (TPSA) is 60.4 Å². The molecule has 0 radical (unpaired) electrons. The summed E-state index contributed by atoms with van der Waals surface area (Å²) in [5.74, 6) is 0.248. The Morgan fingerprint density at radius 3 is 1.39 bits per heavy atom. The van der Waals surface area contributed by atoms with Gasteiger partial charge in [0.25, 0.3) is 0 Å². The highest BCUT2D eigenvalue weighted by Gasteiger charge is 2.14. The lowest BCUT2D eigenvalue weighted by atomic mass is 10.1. The van der Waals surface area contributed by atoms with Gasteiger partial charge in [-0.05, 0) is 64.1 Å². The van der Waals surface area contributed by atoms with Crippen molar-refractivity contribution in [3.05, 3.63) is 70.7 Å². The summed E-state index contributed by atoms with van der Waals surface area (Å²) in [5.41, 5.74) is 1.54. The molecule has 0 unspecified atom stereocenters. The van der Waals surface area contributed by atoms with Crippen LogP contribution < -0.4 is 0 Å². The third-order valence-corrected chi connectivity index (χ3v) is 4.27. The Balaban J connectivity index is 0.000000161. The Kier molecular flexibility index (Phi) is 5.14. The van der Waals surface area contributed by atoms with Crippen LogP contribution in [0.25, 0.3) is 21.9 Å². The van der Waals surface area contributed by atoms with Crippen LogP contribution in [-0.4, -0.2) is 11.6 Å². The van der Waals surface area contributed by atoms with Crippen molar-refractivity contribution in [2.45, 2.75) is 27.7 Å². The van der Waals surface area contributed by atoms with Gasteiger partial charge in [0.2, 0.25) is 0 Å². The molecular weight excluding hydrogens is 366 g/mol. The fraction of sp³-hybridized carbons (Fsp3) is 0.182. The highest BCUT2D eigenvalue weighted by molar-refractivity contribution is 6.05. The summed E-state index contributed by atoms with van der Waals surface area (Å²) in [5, 5.41) is 0.741. The molecule has 2 heterocycles. The Bertz CT molecular complexity index is 1120. The molecule has 0 saturated heterocycles. The second kappa shape index (κ2) is 7.38. The molecule has 0 bridgehead atoms. The molecule has 0 aliphatic heterocycles. The normalized spacial score (nSPS) is 10.8. The van der Waals surface area contributed by atoms with E-state index in [0.717, 1.165) is 0 Å². The number of Topliss-reactive ketones (excluding diaryl/α,β-unsaturated/α-hetero) is 2. The fourth-order valence-electron chi connectivity index (χ4n) is 2.98. The molecule has 0 aliphatic rings. The number of hydrogen-bond acceptors (Lipinski definition) is 4. The van der Waals surface area contributed by atoms with Crippen LogP contribution in [0.2, 0.25) is 0 Å². The Morgan fingerprint density at radius 2 is 1.07 bits per heavy atom. The van der Waals surface area contributed by atoms with Gasteiger partial charge in [-0.3, -0.25) is 9.59 Å². The quantitative estimate of drug-likeness (QED) is 0.388. The number of ketones is 2.